The third kappa shape index (κ3) is 3.91. The summed E-state index contributed by atoms with van der Waals surface area (Å²) in [6.45, 7) is 9.76. The second kappa shape index (κ2) is 7.01. The van der Waals surface area contributed by atoms with Gasteiger partial charge in [0.05, 0.1) is 10.9 Å². The zero-order valence-electron chi connectivity index (χ0n) is 13.7. The lowest BCUT2D eigenvalue weighted by Crippen LogP contribution is -2.23. The van der Waals surface area contributed by atoms with Crippen LogP contribution in [-0.2, 0) is 10.5 Å². The summed E-state index contributed by atoms with van der Waals surface area (Å²) in [5, 5.41) is 6.81. The van der Waals surface area contributed by atoms with Gasteiger partial charge in [-0.15, -0.1) is 11.8 Å². The average Bonchev–Trinajstić information content (AvgIpc) is 2.79. The van der Waals surface area contributed by atoms with Crippen LogP contribution >= 0.6 is 11.8 Å². The molecule has 5 heteroatoms. The summed E-state index contributed by atoms with van der Waals surface area (Å²) in [5.74, 6) is 1.57. The number of aryl methyl sites for hydroxylation is 4. The zero-order valence-corrected chi connectivity index (χ0v) is 14.5. The molecule has 1 unspecified atom stereocenters. The summed E-state index contributed by atoms with van der Waals surface area (Å²) in [4.78, 5) is 12.3. The maximum atomic E-state index is 12.3. The van der Waals surface area contributed by atoms with Crippen molar-refractivity contribution in [1.82, 2.24) is 5.16 Å². The molecule has 0 radical (unpaired) electrons. The van der Waals surface area contributed by atoms with Crippen LogP contribution in [-0.4, -0.2) is 16.3 Å². The van der Waals surface area contributed by atoms with E-state index >= 15 is 0 Å². The summed E-state index contributed by atoms with van der Waals surface area (Å²) < 4.78 is 5.15. The lowest BCUT2D eigenvalue weighted by molar-refractivity contribution is -0.115. The second-order valence-corrected chi connectivity index (χ2v) is 6.89. The summed E-state index contributed by atoms with van der Waals surface area (Å²) in [6.07, 6.45) is 0. The molecule has 22 heavy (non-hydrogen) atoms. The van der Waals surface area contributed by atoms with Crippen LogP contribution in [0.5, 0.6) is 0 Å². The smallest absolute Gasteiger partial charge is 0.237 e. The van der Waals surface area contributed by atoms with E-state index in [4.69, 9.17) is 4.52 Å². The van der Waals surface area contributed by atoms with Crippen molar-refractivity contribution in [2.45, 2.75) is 45.6 Å². The molecule has 0 spiro atoms. The van der Waals surface area contributed by atoms with E-state index in [-0.39, 0.29) is 11.2 Å². The first kappa shape index (κ1) is 16.6. The van der Waals surface area contributed by atoms with Gasteiger partial charge in [0.15, 0.2) is 0 Å². The van der Waals surface area contributed by atoms with Crippen molar-refractivity contribution in [3.63, 3.8) is 0 Å². The number of anilines is 1. The minimum absolute atomic E-state index is 0.0189. The van der Waals surface area contributed by atoms with Crippen LogP contribution in [0.1, 0.15) is 35.1 Å². The monoisotopic (exact) mass is 318 g/mol. The van der Waals surface area contributed by atoms with E-state index in [9.17, 15) is 4.79 Å². The Morgan fingerprint density at radius 3 is 2.68 bits per heavy atom. The van der Waals surface area contributed by atoms with Gasteiger partial charge >= 0.3 is 0 Å². The summed E-state index contributed by atoms with van der Waals surface area (Å²) in [6, 6.07) is 6.06. The van der Waals surface area contributed by atoms with Crippen LogP contribution in [0, 0.1) is 27.7 Å². The quantitative estimate of drug-likeness (QED) is 0.899. The van der Waals surface area contributed by atoms with E-state index in [0.29, 0.717) is 0 Å². The fourth-order valence-corrected chi connectivity index (χ4v) is 3.14. The van der Waals surface area contributed by atoms with Crippen LogP contribution in [0.3, 0.4) is 0 Å². The van der Waals surface area contributed by atoms with Gasteiger partial charge in [-0.25, -0.2) is 0 Å². The molecule has 0 aliphatic heterocycles. The highest BCUT2D eigenvalue weighted by molar-refractivity contribution is 7.99. The largest absolute Gasteiger partial charge is 0.361 e. The first-order valence-electron chi connectivity index (χ1n) is 7.30. The predicted octanol–water partition coefficient (Wildman–Crippen LogP) is 4.17. The predicted molar refractivity (Wildman–Crippen MR) is 91.3 cm³/mol. The standard InChI is InChI=1S/C17H22N2O2S/c1-10-6-7-11(2)16(8-10)18-17(20)14(5)22-9-15-12(3)19-21-13(15)4/h6-8,14H,9H2,1-5H3,(H,18,20). The fraction of sp³-hybridized carbons (Fsp3) is 0.412. The molecule has 4 nitrogen and oxygen atoms in total. The van der Waals surface area contributed by atoms with Gasteiger partial charge in [-0.05, 0) is 51.8 Å². The minimum atomic E-state index is -0.145. The molecule has 118 valence electrons. The van der Waals surface area contributed by atoms with Gasteiger partial charge in [0, 0.05) is 17.0 Å². The lowest BCUT2D eigenvalue weighted by atomic mass is 10.1. The van der Waals surface area contributed by atoms with Gasteiger partial charge in [-0.3, -0.25) is 4.79 Å². The molecule has 2 rings (SSSR count). The molecule has 0 aliphatic rings. The van der Waals surface area contributed by atoms with Gasteiger partial charge in [-0.1, -0.05) is 17.3 Å². The maximum absolute atomic E-state index is 12.3. The topological polar surface area (TPSA) is 55.1 Å². The molecule has 1 heterocycles. The van der Waals surface area contributed by atoms with Crippen molar-refractivity contribution in [3.05, 3.63) is 46.3 Å². The molecule has 0 saturated carbocycles. The highest BCUT2D eigenvalue weighted by Gasteiger charge is 2.17. The lowest BCUT2D eigenvalue weighted by Gasteiger charge is -2.14. The van der Waals surface area contributed by atoms with Crippen LogP contribution in [0.15, 0.2) is 22.7 Å². The van der Waals surface area contributed by atoms with Crippen LogP contribution < -0.4 is 5.32 Å². The summed E-state index contributed by atoms with van der Waals surface area (Å²) in [7, 11) is 0. The molecular weight excluding hydrogens is 296 g/mol. The number of nitrogens with one attached hydrogen (secondary N) is 1. The Morgan fingerprint density at radius 1 is 1.32 bits per heavy atom. The van der Waals surface area contributed by atoms with E-state index in [2.05, 4.69) is 10.5 Å². The Bertz CT molecular complexity index is 660. The van der Waals surface area contributed by atoms with Crippen LogP contribution in [0.25, 0.3) is 0 Å². The first-order chi connectivity index (χ1) is 10.4. The number of carbonyl (C=O) groups is 1. The Hall–Kier alpha value is -1.75. The number of aromatic nitrogens is 1. The van der Waals surface area contributed by atoms with Crippen molar-refractivity contribution in [3.8, 4) is 0 Å². The van der Waals surface area contributed by atoms with Crippen molar-refractivity contribution in [2.24, 2.45) is 0 Å². The third-order valence-corrected chi connectivity index (χ3v) is 4.85. The zero-order chi connectivity index (χ0) is 16.3. The molecule has 1 amide bonds. The Balaban J connectivity index is 1.96. The Labute approximate surface area is 135 Å². The van der Waals surface area contributed by atoms with Gasteiger partial charge in [-0.2, -0.15) is 0 Å². The molecular formula is C17H22N2O2S. The molecule has 1 aromatic heterocycles. The molecule has 1 atom stereocenters. The van der Waals surface area contributed by atoms with Gasteiger partial charge in [0.25, 0.3) is 0 Å². The molecule has 0 aliphatic carbocycles. The van der Waals surface area contributed by atoms with E-state index in [0.717, 1.165) is 39.6 Å². The SMILES string of the molecule is Cc1ccc(C)c(NC(=O)C(C)SCc2c(C)noc2C)c1. The number of thioether (sulfide) groups is 1. The molecule has 1 N–H and O–H groups in total. The highest BCUT2D eigenvalue weighted by atomic mass is 32.2. The van der Waals surface area contributed by atoms with E-state index in [1.807, 2.05) is 52.8 Å². The Kier molecular flexibility index (Phi) is 5.29. The van der Waals surface area contributed by atoms with E-state index in [1.165, 1.54) is 0 Å². The van der Waals surface area contributed by atoms with Crippen LogP contribution in [0.2, 0.25) is 0 Å². The number of carbonyl (C=O) groups excluding carboxylic acids is 1. The van der Waals surface area contributed by atoms with Crippen molar-refractivity contribution in [2.75, 3.05) is 5.32 Å². The van der Waals surface area contributed by atoms with Crippen molar-refractivity contribution >= 4 is 23.4 Å². The van der Waals surface area contributed by atoms with Gasteiger partial charge in [0.1, 0.15) is 5.76 Å². The average molecular weight is 318 g/mol. The van der Waals surface area contributed by atoms with Crippen molar-refractivity contribution in [1.29, 1.82) is 0 Å². The fourth-order valence-electron chi connectivity index (χ4n) is 2.10. The number of hydrogen-bond donors (Lipinski definition) is 1. The number of benzene rings is 1. The highest BCUT2D eigenvalue weighted by Crippen LogP contribution is 2.24. The molecule has 1 aromatic carbocycles. The maximum Gasteiger partial charge on any atom is 0.237 e. The van der Waals surface area contributed by atoms with Crippen molar-refractivity contribution < 1.29 is 9.32 Å². The second-order valence-electron chi connectivity index (χ2n) is 5.56. The molecule has 0 saturated heterocycles. The van der Waals surface area contributed by atoms with Crippen LogP contribution in [0.4, 0.5) is 5.69 Å². The van der Waals surface area contributed by atoms with E-state index in [1.54, 1.807) is 11.8 Å². The molecule has 2 aromatic rings. The van der Waals surface area contributed by atoms with Gasteiger partial charge < -0.3 is 9.84 Å². The van der Waals surface area contributed by atoms with E-state index < -0.39 is 0 Å². The molecule has 0 fully saturated rings. The minimum Gasteiger partial charge on any atom is -0.361 e. The first-order valence-corrected chi connectivity index (χ1v) is 8.35. The Morgan fingerprint density at radius 2 is 2.05 bits per heavy atom. The number of nitrogens with zero attached hydrogens (tertiary/aromatic N) is 1. The normalized spacial score (nSPS) is 12.2. The number of hydrogen-bond acceptors (Lipinski definition) is 4. The third-order valence-electron chi connectivity index (χ3n) is 3.68. The number of amides is 1. The summed E-state index contributed by atoms with van der Waals surface area (Å²) in [5.41, 5.74) is 5.07. The number of rotatable bonds is 5. The summed E-state index contributed by atoms with van der Waals surface area (Å²) >= 11 is 1.59. The molecule has 0 bridgehead atoms. The van der Waals surface area contributed by atoms with Gasteiger partial charge in [0.2, 0.25) is 5.91 Å².